The van der Waals surface area contributed by atoms with Gasteiger partial charge in [-0.25, -0.2) is 0 Å². The number of hydrogen-bond acceptors (Lipinski definition) is 3. The minimum absolute atomic E-state index is 0.0242. The van der Waals surface area contributed by atoms with E-state index in [-0.39, 0.29) is 30.3 Å². The highest BCUT2D eigenvalue weighted by Gasteiger charge is 2.34. The van der Waals surface area contributed by atoms with Gasteiger partial charge < -0.3 is 9.80 Å². The summed E-state index contributed by atoms with van der Waals surface area (Å²) in [7, 11) is 0. The Hall–Kier alpha value is -2.34. The Balaban J connectivity index is 1.77. The quantitative estimate of drug-likeness (QED) is 0.914. The minimum Gasteiger partial charge on any atom is -0.323 e. The van der Waals surface area contributed by atoms with Gasteiger partial charge in [-0.3, -0.25) is 14.7 Å². The lowest BCUT2D eigenvalue weighted by Gasteiger charge is -2.39. The van der Waals surface area contributed by atoms with Gasteiger partial charge in [0.2, 0.25) is 5.91 Å². The Morgan fingerprint density at radius 1 is 1.36 bits per heavy atom. The molecule has 0 saturated carbocycles. The molecular weight excluding hydrogens is 340 g/mol. The van der Waals surface area contributed by atoms with E-state index >= 15 is 0 Å². The van der Waals surface area contributed by atoms with Gasteiger partial charge in [0, 0.05) is 29.0 Å². The maximum absolute atomic E-state index is 12.7. The van der Waals surface area contributed by atoms with Crippen molar-refractivity contribution in [3.05, 3.63) is 46.7 Å². The van der Waals surface area contributed by atoms with Crippen molar-refractivity contribution in [3.63, 3.8) is 0 Å². The predicted molar refractivity (Wildman–Crippen MR) is 97.0 cm³/mol. The van der Waals surface area contributed by atoms with E-state index in [0.29, 0.717) is 17.3 Å². The van der Waals surface area contributed by atoms with Gasteiger partial charge in [-0.2, -0.15) is 5.10 Å². The molecule has 2 heterocycles. The highest BCUT2D eigenvalue weighted by atomic mass is 35.5. The molecule has 1 N–H and O–H groups in total. The third kappa shape index (κ3) is 3.54. The largest absolute Gasteiger partial charge is 0.323 e. The van der Waals surface area contributed by atoms with Gasteiger partial charge in [-0.05, 0) is 37.1 Å². The summed E-state index contributed by atoms with van der Waals surface area (Å²) in [5.41, 5.74) is 2.00. The van der Waals surface area contributed by atoms with Crippen molar-refractivity contribution in [2.75, 3.05) is 18.0 Å². The Labute approximate surface area is 151 Å². The van der Waals surface area contributed by atoms with Gasteiger partial charge in [-0.1, -0.05) is 31.5 Å². The number of aromatic nitrogens is 2. The summed E-state index contributed by atoms with van der Waals surface area (Å²) < 4.78 is 0. The summed E-state index contributed by atoms with van der Waals surface area (Å²) in [5, 5.41) is 7.56. The van der Waals surface area contributed by atoms with Crippen molar-refractivity contribution in [1.82, 2.24) is 15.1 Å². The molecule has 1 aromatic carbocycles. The first-order chi connectivity index (χ1) is 11.9. The molecule has 6 nitrogen and oxygen atoms in total. The second-order valence-corrected chi connectivity index (χ2v) is 7.07. The molecule has 1 aliphatic rings. The molecule has 1 aliphatic heterocycles. The van der Waals surface area contributed by atoms with Crippen molar-refractivity contribution < 1.29 is 9.59 Å². The van der Waals surface area contributed by atoms with Crippen LogP contribution in [-0.2, 0) is 4.79 Å². The zero-order valence-electron chi connectivity index (χ0n) is 14.5. The van der Waals surface area contributed by atoms with Gasteiger partial charge in [0.15, 0.2) is 0 Å². The minimum atomic E-state index is -0.227. The smallest absolute Gasteiger partial charge is 0.275 e. The fourth-order valence-corrected chi connectivity index (χ4v) is 3.09. The molecule has 0 radical (unpaired) electrons. The SMILES string of the molecule is CC(C)c1cc(C(=O)N2CC(=O)N(c3cccc(Cl)c3)CC2C)n[nH]1. The standard InChI is InChI=1S/C18H21ClN4O2/c1-11(2)15-8-16(21-20-15)18(25)22-10-17(24)23(9-12(22)3)14-6-4-5-13(19)7-14/h4-8,11-12H,9-10H2,1-3H3,(H,20,21). The highest BCUT2D eigenvalue weighted by Crippen LogP contribution is 2.24. The number of hydrogen-bond donors (Lipinski definition) is 1. The summed E-state index contributed by atoms with van der Waals surface area (Å²) in [4.78, 5) is 28.6. The van der Waals surface area contributed by atoms with Crippen molar-refractivity contribution in [1.29, 1.82) is 0 Å². The summed E-state index contributed by atoms with van der Waals surface area (Å²) >= 11 is 6.02. The molecule has 3 rings (SSSR count). The Kier molecular flexibility index (Phi) is 4.81. The topological polar surface area (TPSA) is 69.3 Å². The van der Waals surface area contributed by atoms with Gasteiger partial charge in [0.1, 0.15) is 12.2 Å². The third-order valence-corrected chi connectivity index (χ3v) is 4.64. The van der Waals surface area contributed by atoms with Gasteiger partial charge in [0.25, 0.3) is 5.91 Å². The lowest BCUT2D eigenvalue weighted by Crippen LogP contribution is -2.57. The number of amides is 2. The second-order valence-electron chi connectivity index (χ2n) is 6.63. The number of rotatable bonds is 3. The van der Waals surface area contributed by atoms with Crippen LogP contribution in [0, 0.1) is 0 Å². The van der Waals surface area contributed by atoms with E-state index in [1.165, 1.54) is 0 Å². The summed E-state index contributed by atoms with van der Waals surface area (Å²) in [6.45, 7) is 6.43. The molecule has 1 atom stereocenters. The van der Waals surface area contributed by atoms with Crippen LogP contribution >= 0.6 is 11.6 Å². The number of anilines is 1. The van der Waals surface area contributed by atoms with Gasteiger partial charge in [-0.15, -0.1) is 0 Å². The monoisotopic (exact) mass is 360 g/mol. The molecule has 0 aliphatic carbocycles. The first kappa shape index (κ1) is 17.5. The number of aromatic amines is 1. The van der Waals surface area contributed by atoms with Crippen molar-refractivity contribution in [2.45, 2.75) is 32.7 Å². The molecule has 2 aromatic rings. The van der Waals surface area contributed by atoms with Crippen LogP contribution in [0.3, 0.4) is 0 Å². The van der Waals surface area contributed by atoms with E-state index in [4.69, 9.17) is 11.6 Å². The highest BCUT2D eigenvalue weighted by molar-refractivity contribution is 6.30. The van der Waals surface area contributed by atoms with Crippen LogP contribution in [0.1, 0.15) is 42.9 Å². The molecule has 132 valence electrons. The number of nitrogens with zero attached hydrogens (tertiary/aromatic N) is 3. The molecule has 1 aromatic heterocycles. The zero-order chi connectivity index (χ0) is 18.1. The van der Waals surface area contributed by atoms with E-state index in [9.17, 15) is 9.59 Å². The van der Waals surface area contributed by atoms with Crippen LogP contribution in [0.5, 0.6) is 0 Å². The lowest BCUT2D eigenvalue weighted by atomic mass is 10.1. The Morgan fingerprint density at radius 2 is 2.12 bits per heavy atom. The lowest BCUT2D eigenvalue weighted by molar-refractivity contribution is -0.121. The van der Waals surface area contributed by atoms with Gasteiger partial charge >= 0.3 is 0 Å². The van der Waals surface area contributed by atoms with Crippen molar-refractivity contribution in [3.8, 4) is 0 Å². The van der Waals surface area contributed by atoms with E-state index in [2.05, 4.69) is 10.2 Å². The number of H-pyrrole nitrogens is 1. The summed E-state index contributed by atoms with van der Waals surface area (Å²) in [6.07, 6.45) is 0. The maximum atomic E-state index is 12.7. The zero-order valence-corrected chi connectivity index (χ0v) is 15.2. The molecule has 25 heavy (non-hydrogen) atoms. The number of halogens is 1. The average Bonchev–Trinajstić information content (AvgIpc) is 3.06. The number of carbonyl (C=O) groups excluding carboxylic acids is 2. The van der Waals surface area contributed by atoms with Gasteiger partial charge in [0.05, 0.1) is 0 Å². The van der Waals surface area contributed by atoms with E-state index in [0.717, 1.165) is 11.4 Å². The molecule has 1 fully saturated rings. The Bertz CT molecular complexity index is 802. The molecule has 1 unspecified atom stereocenters. The molecule has 0 spiro atoms. The molecule has 7 heteroatoms. The molecule has 2 amide bonds. The third-order valence-electron chi connectivity index (χ3n) is 4.41. The van der Waals surface area contributed by atoms with Crippen molar-refractivity contribution >= 4 is 29.1 Å². The first-order valence-electron chi connectivity index (χ1n) is 8.29. The first-order valence-corrected chi connectivity index (χ1v) is 8.67. The Morgan fingerprint density at radius 3 is 2.76 bits per heavy atom. The van der Waals surface area contributed by atoms with E-state index in [1.807, 2.05) is 32.9 Å². The predicted octanol–water partition coefficient (Wildman–Crippen LogP) is 3.06. The normalized spacial score (nSPS) is 18.1. The van der Waals surface area contributed by atoms with E-state index < -0.39 is 0 Å². The van der Waals surface area contributed by atoms with Crippen LogP contribution in [-0.4, -0.2) is 46.0 Å². The average molecular weight is 361 g/mol. The van der Waals surface area contributed by atoms with Crippen LogP contribution in [0.15, 0.2) is 30.3 Å². The van der Waals surface area contributed by atoms with Crippen LogP contribution in [0.2, 0.25) is 5.02 Å². The molecule has 1 saturated heterocycles. The number of benzene rings is 1. The summed E-state index contributed by atoms with van der Waals surface area (Å²) in [6, 6.07) is 8.81. The molecule has 0 bridgehead atoms. The van der Waals surface area contributed by atoms with Crippen LogP contribution < -0.4 is 4.90 Å². The van der Waals surface area contributed by atoms with Crippen LogP contribution in [0.25, 0.3) is 0 Å². The van der Waals surface area contributed by atoms with E-state index in [1.54, 1.807) is 28.0 Å². The fourth-order valence-electron chi connectivity index (χ4n) is 2.91. The number of carbonyl (C=O) groups is 2. The maximum Gasteiger partial charge on any atom is 0.275 e. The second kappa shape index (κ2) is 6.88. The number of piperazine rings is 1. The summed E-state index contributed by atoms with van der Waals surface area (Å²) in [5.74, 6) is -0.101. The van der Waals surface area contributed by atoms with Crippen molar-refractivity contribution in [2.24, 2.45) is 0 Å². The van der Waals surface area contributed by atoms with Crippen LogP contribution in [0.4, 0.5) is 5.69 Å². The number of nitrogens with one attached hydrogen (secondary N) is 1. The fraction of sp³-hybridized carbons (Fsp3) is 0.389. The molecular formula is C18H21ClN4O2.